The van der Waals surface area contributed by atoms with Gasteiger partial charge < -0.3 is 4.74 Å². The Hall–Kier alpha value is -0.0400. The van der Waals surface area contributed by atoms with Crippen LogP contribution in [0.15, 0.2) is 0 Å². The molecule has 0 aromatic heterocycles. The van der Waals surface area contributed by atoms with Crippen molar-refractivity contribution in [2.45, 2.75) is 69.2 Å². The van der Waals surface area contributed by atoms with Crippen molar-refractivity contribution >= 4 is 0 Å². The average Bonchev–Trinajstić information content (AvgIpc) is 1.78. The number of hydrogen-bond acceptors (Lipinski definition) is 1. The van der Waals surface area contributed by atoms with E-state index < -0.39 is 0 Å². The van der Waals surface area contributed by atoms with Crippen molar-refractivity contribution in [1.82, 2.24) is 0 Å². The predicted molar refractivity (Wildman–Crippen MR) is 79.1 cm³/mol. The summed E-state index contributed by atoms with van der Waals surface area (Å²) < 4.78 is 4.25. The number of ether oxygens (including phenoxy) is 1. The van der Waals surface area contributed by atoms with Gasteiger partial charge in [0.2, 0.25) is 0 Å². The molecule has 1 nitrogen and oxygen atoms in total. The summed E-state index contributed by atoms with van der Waals surface area (Å²) in [5.41, 5.74) is 0.500. The normalized spacial score (nSPS) is 9.38. The molecule has 0 heterocycles. The maximum Gasteiger partial charge on any atom is 0.0351 e. The monoisotopic (exact) mass is 234 g/mol. The van der Waals surface area contributed by atoms with Crippen molar-refractivity contribution in [2.24, 2.45) is 17.3 Å². The Balaban J connectivity index is -0.0000000610. The molecule has 0 saturated heterocycles. The van der Waals surface area contributed by atoms with Gasteiger partial charge >= 0.3 is 0 Å². The molecule has 0 aliphatic carbocycles. The van der Waals surface area contributed by atoms with E-state index in [4.69, 9.17) is 0 Å². The average molecular weight is 234 g/mol. The van der Waals surface area contributed by atoms with Gasteiger partial charge in [0.1, 0.15) is 0 Å². The van der Waals surface area contributed by atoms with Crippen LogP contribution in [0.25, 0.3) is 0 Å². The summed E-state index contributed by atoms with van der Waals surface area (Å²) in [6.07, 6.45) is 0. The zero-order valence-electron chi connectivity index (χ0n) is 14.1. The first-order chi connectivity index (χ1) is 6.88. The highest BCUT2D eigenvalue weighted by atomic mass is 16.4. The Morgan fingerprint density at radius 1 is 0.625 bits per heavy atom. The van der Waals surface area contributed by atoms with Gasteiger partial charge in [0, 0.05) is 14.2 Å². The van der Waals surface area contributed by atoms with Crippen LogP contribution < -0.4 is 0 Å². The van der Waals surface area contributed by atoms with Crippen LogP contribution >= 0.6 is 0 Å². The van der Waals surface area contributed by atoms with E-state index in [1.807, 2.05) is 0 Å². The molecule has 0 aliphatic rings. The second-order valence-electron chi connectivity index (χ2n) is 6.87. The van der Waals surface area contributed by atoms with Crippen LogP contribution in [0.4, 0.5) is 0 Å². The van der Waals surface area contributed by atoms with Gasteiger partial charge in [-0.05, 0) is 17.3 Å². The van der Waals surface area contributed by atoms with Gasteiger partial charge in [0.25, 0.3) is 0 Å². The lowest BCUT2D eigenvalue weighted by Crippen LogP contribution is -1.93. The van der Waals surface area contributed by atoms with E-state index in [2.05, 4.69) is 74.0 Å². The summed E-state index contributed by atoms with van der Waals surface area (Å²) in [6, 6.07) is 0. The Bertz CT molecular complexity index is 70.6. The lowest BCUT2D eigenvalue weighted by Gasteiger charge is -2.05. The van der Waals surface area contributed by atoms with Gasteiger partial charge in [-0.3, -0.25) is 0 Å². The Labute approximate surface area is 106 Å². The molecule has 0 amide bonds. The minimum absolute atomic E-state index is 0.500. The van der Waals surface area contributed by atoms with E-state index in [9.17, 15) is 0 Å². The fraction of sp³-hybridized carbons (Fsp3) is 1.00. The Kier molecular flexibility index (Phi) is 27.1. The van der Waals surface area contributed by atoms with E-state index in [0.717, 1.165) is 11.8 Å². The second-order valence-corrected chi connectivity index (χ2v) is 6.87. The zero-order valence-corrected chi connectivity index (χ0v) is 14.1. The molecule has 0 bridgehead atoms. The minimum atomic E-state index is 0.500. The fourth-order valence-corrected chi connectivity index (χ4v) is 0. The maximum atomic E-state index is 4.25. The molecule has 0 aromatic carbocycles. The SMILES string of the molecule is CC(C)(C)C.CC(C)C.CC(C)C.COC. The van der Waals surface area contributed by atoms with Crippen molar-refractivity contribution in [3.05, 3.63) is 0 Å². The van der Waals surface area contributed by atoms with Gasteiger partial charge in [-0.2, -0.15) is 0 Å². The molecular formula is C15H38O. The molecule has 0 unspecified atom stereocenters. The molecule has 1 heteroatoms. The summed E-state index contributed by atoms with van der Waals surface area (Å²) in [4.78, 5) is 0. The van der Waals surface area contributed by atoms with Crippen molar-refractivity contribution in [3.63, 3.8) is 0 Å². The molecule has 0 atom stereocenters. The van der Waals surface area contributed by atoms with Crippen LogP contribution in [-0.2, 0) is 4.74 Å². The number of methoxy groups -OCH3 is 1. The molecule has 0 N–H and O–H groups in total. The van der Waals surface area contributed by atoms with Crippen LogP contribution in [0, 0.1) is 17.3 Å². The zero-order chi connectivity index (χ0) is 14.4. The van der Waals surface area contributed by atoms with E-state index >= 15 is 0 Å². The molecular weight excluding hydrogens is 196 g/mol. The van der Waals surface area contributed by atoms with Crippen molar-refractivity contribution in [2.75, 3.05) is 14.2 Å². The maximum absolute atomic E-state index is 4.25. The van der Waals surface area contributed by atoms with Crippen molar-refractivity contribution in [3.8, 4) is 0 Å². The molecule has 0 spiro atoms. The van der Waals surface area contributed by atoms with Crippen LogP contribution in [-0.4, -0.2) is 14.2 Å². The molecule has 16 heavy (non-hydrogen) atoms. The quantitative estimate of drug-likeness (QED) is 0.527. The highest BCUT2D eigenvalue weighted by molar-refractivity contribution is 4.47. The first-order valence-electron chi connectivity index (χ1n) is 6.28. The lowest BCUT2D eigenvalue weighted by molar-refractivity contribution is 0.277. The van der Waals surface area contributed by atoms with Crippen LogP contribution in [0.1, 0.15) is 69.2 Å². The molecule has 0 rings (SSSR count). The fourth-order valence-electron chi connectivity index (χ4n) is 0. The summed E-state index contributed by atoms with van der Waals surface area (Å²) in [6.45, 7) is 21.8. The topological polar surface area (TPSA) is 9.23 Å². The summed E-state index contributed by atoms with van der Waals surface area (Å²) >= 11 is 0. The third-order valence-electron chi connectivity index (χ3n) is 0. The van der Waals surface area contributed by atoms with Gasteiger partial charge in [-0.1, -0.05) is 69.2 Å². The minimum Gasteiger partial charge on any atom is -0.388 e. The number of rotatable bonds is 0. The van der Waals surface area contributed by atoms with Gasteiger partial charge in [-0.15, -0.1) is 0 Å². The second kappa shape index (κ2) is 17.4. The Morgan fingerprint density at radius 3 is 0.625 bits per heavy atom. The van der Waals surface area contributed by atoms with Gasteiger partial charge in [0.15, 0.2) is 0 Å². The largest absolute Gasteiger partial charge is 0.388 e. The molecule has 0 fully saturated rings. The molecule has 0 aromatic rings. The van der Waals surface area contributed by atoms with E-state index in [0.29, 0.717) is 5.41 Å². The number of hydrogen-bond donors (Lipinski definition) is 0. The molecule has 0 aliphatic heterocycles. The highest BCUT2D eigenvalue weighted by Gasteiger charge is 1.95. The van der Waals surface area contributed by atoms with Crippen LogP contribution in [0.2, 0.25) is 0 Å². The highest BCUT2D eigenvalue weighted by Crippen LogP contribution is 2.08. The van der Waals surface area contributed by atoms with E-state index in [1.54, 1.807) is 14.2 Å². The molecule has 0 radical (unpaired) electrons. The summed E-state index contributed by atoms with van der Waals surface area (Å²) in [5, 5.41) is 0. The first-order valence-corrected chi connectivity index (χ1v) is 6.28. The predicted octanol–water partition coefficient (Wildman–Crippen LogP) is 5.64. The van der Waals surface area contributed by atoms with E-state index in [1.165, 1.54) is 0 Å². The molecule has 0 saturated carbocycles. The third kappa shape index (κ3) is 1470000. The molecule has 104 valence electrons. The standard InChI is InChI=1S/C5H12.2C4H10.C2H6O/c1-5(2,3)4;2*1-4(2)3;1-3-2/h1-4H3;2*4H,1-3H3;1-2H3. The third-order valence-corrected chi connectivity index (χ3v) is 0. The Morgan fingerprint density at radius 2 is 0.625 bits per heavy atom. The lowest BCUT2D eigenvalue weighted by atomic mass is 10.0. The first kappa shape index (κ1) is 25.0. The van der Waals surface area contributed by atoms with Crippen LogP contribution in [0.5, 0.6) is 0 Å². The van der Waals surface area contributed by atoms with Gasteiger partial charge in [0.05, 0.1) is 0 Å². The van der Waals surface area contributed by atoms with E-state index in [-0.39, 0.29) is 0 Å². The van der Waals surface area contributed by atoms with Gasteiger partial charge in [-0.25, -0.2) is 0 Å². The van der Waals surface area contributed by atoms with Crippen molar-refractivity contribution < 1.29 is 4.74 Å². The van der Waals surface area contributed by atoms with Crippen molar-refractivity contribution in [1.29, 1.82) is 0 Å². The summed E-state index contributed by atoms with van der Waals surface area (Å²) in [5.74, 6) is 1.67. The van der Waals surface area contributed by atoms with Crippen LogP contribution in [0.3, 0.4) is 0 Å². The summed E-state index contributed by atoms with van der Waals surface area (Å²) in [7, 11) is 3.25. The smallest absolute Gasteiger partial charge is 0.0351 e.